The fourth-order valence-electron chi connectivity index (χ4n) is 3.02. The highest BCUT2D eigenvalue weighted by molar-refractivity contribution is 7.91. The third-order valence-electron chi connectivity index (χ3n) is 4.38. The Kier molecular flexibility index (Phi) is 4.44. The molecule has 1 unspecified atom stereocenters. The molecule has 0 aliphatic carbocycles. The molecule has 1 aliphatic rings. The first-order valence-corrected chi connectivity index (χ1v) is 9.53. The van der Waals surface area contributed by atoms with Gasteiger partial charge in [0.15, 0.2) is 15.7 Å². The molecule has 130 valence electrons. The first-order chi connectivity index (χ1) is 11.3. The second kappa shape index (κ2) is 6.25. The number of nitrogens with zero attached hydrogens (tertiary/aromatic N) is 2. The molecule has 1 aliphatic heterocycles. The largest absolute Gasteiger partial charge is 0.309 e. The monoisotopic (exact) mass is 355 g/mol. The second-order valence-electron chi connectivity index (χ2n) is 6.14. The van der Waals surface area contributed by atoms with Crippen molar-refractivity contribution in [3.63, 3.8) is 0 Å². The summed E-state index contributed by atoms with van der Waals surface area (Å²) in [6, 6.07) is 3.30. The van der Waals surface area contributed by atoms with Crippen LogP contribution in [0.1, 0.15) is 23.4 Å². The molecule has 1 N–H and O–H groups in total. The van der Waals surface area contributed by atoms with Gasteiger partial charge in [-0.3, -0.25) is 0 Å². The number of hydrogen-bond donors (Lipinski definition) is 1. The Hall–Kier alpha value is -1.80. The van der Waals surface area contributed by atoms with Crippen molar-refractivity contribution in [1.29, 1.82) is 0 Å². The molecule has 0 amide bonds. The maximum Gasteiger partial charge on any atom is 0.151 e. The van der Waals surface area contributed by atoms with Crippen LogP contribution >= 0.6 is 0 Å². The van der Waals surface area contributed by atoms with Crippen LogP contribution in [0.4, 0.5) is 8.78 Å². The summed E-state index contributed by atoms with van der Waals surface area (Å²) in [5.41, 5.74) is 2.55. The summed E-state index contributed by atoms with van der Waals surface area (Å²) in [4.78, 5) is 0. The molecule has 0 saturated carbocycles. The van der Waals surface area contributed by atoms with Gasteiger partial charge >= 0.3 is 0 Å². The summed E-state index contributed by atoms with van der Waals surface area (Å²) < 4.78 is 51.5. The van der Waals surface area contributed by atoms with Gasteiger partial charge in [-0.05, 0) is 32.4 Å². The Morgan fingerprint density at radius 2 is 2.08 bits per heavy atom. The number of sulfone groups is 1. The third-order valence-corrected chi connectivity index (χ3v) is 6.15. The Morgan fingerprint density at radius 1 is 1.33 bits per heavy atom. The zero-order valence-electron chi connectivity index (χ0n) is 13.5. The Bertz CT molecular complexity index is 878. The van der Waals surface area contributed by atoms with Crippen molar-refractivity contribution in [3.05, 3.63) is 46.8 Å². The molecule has 0 bridgehead atoms. The van der Waals surface area contributed by atoms with Gasteiger partial charge in [-0.2, -0.15) is 5.10 Å². The van der Waals surface area contributed by atoms with Gasteiger partial charge < -0.3 is 5.32 Å². The van der Waals surface area contributed by atoms with E-state index in [1.165, 1.54) is 16.8 Å². The van der Waals surface area contributed by atoms with Crippen LogP contribution in [0, 0.1) is 25.5 Å². The highest BCUT2D eigenvalue weighted by Crippen LogP contribution is 2.21. The fraction of sp³-hybridized carbons (Fsp3) is 0.438. The van der Waals surface area contributed by atoms with E-state index in [0.29, 0.717) is 13.0 Å². The lowest BCUT2D eigenvalue weighted by Gasteiger charge is -2.11. The van der Waals surface area contributed by atoms with Crippen LogP contribution in [0.15, 0.2) is 18.2 Å². The summed E-state index contributed by atoms with van der Waals surface area (Å²) in [6.45, 7) is 4.08. The molecule has 1 saturated heterocycles. The molecule has 1 aromatic heterocycles. The number of benzene rings is 1. The van der Waals surface area contributed by atoms with Crippen LogP contribution in [0.5, 0.6) is 0 Å². The van der Waals surface area contributed by atoms with Crippen LogP contribution < -0.4 is 5.32 Å². The lowest BCUT2D eigenvalue weighted by Crippen LogP contribution is -2.29. The maximum absolute atomic E-state index is 14.0. The number of aromatic nitrogens is 2. The number of nitrogens with one attached hydrogen (secondary N) is 1. The minimum absolute atomic E-state index is 0.0697. The predicted molar refractivity (Wildman–Crippen MR) is 86.9 cm³/mol. The molecule has 0 radical (unpaired) electrons. The van der Waals surface area contributed by atoms with Crippen molar-refractivity contribution in [1.82, 2.24) is 15.1 Å². The normalized spacial score (nSPS) is 19.8. The van der Waals surface area contributed by atoms with E-state index in [1.54, 1.807) is 0 Å². The van der Waals surface area contributed by atoms with Gasteiger partial charge in [0, 0.05) is 29.9 Å². The highest BCUT2D eigenvalue weighted by Gasteiger charge is 2.27. The van der Waals surface area contributed by atoms with Crippen molar-refractivity contribution in [2.75, 3.05) is 11.5 Å². The molecular weight excluding hydrogens is 336 g/mol. The molecule has 2 heterocycles. The van der Waals surface area contributed by atoms with Gasteiger partial charge in [-0.1, -0.05) is 0 Å². The molecule has 8 heteroatoms. The standard InChI is InChI=1S/C16H19F2N3O2S/c1-10-14(8-19-13-5-6-24(22,23)9-13)11(2)21(20-10)16-4-3-12(17)7-15(16)18/h3-4,7,13,19H,5-6,8-9H2,1-2H3. The first-order valence-electron chi connectivity index (χ1n) is 7.71. The zero-order valence-corrected chi connectivity index (χ0v) is 14.3. The first kappa shape index (κ1) is 17.0. The summed E-state index contributed by atoms with van der Waals surface area (Å²) in [5.74, 6) is -0.960. The molecule has 3 rings (SSSR count). The van der Waals surface area contributed by atoms with E-state index in [9.17, 15) is 17.2 Å². The van der Waals surface area contributed by atoms with E-state index < -0.39 is 21.5 Å². The van der Waals surface area contributed by atoms with Crippen LogP contribution in [-0.4, -0.2) is 35.7 Å². The second-order valence-corrected chi connectivity index (χ2v) is 8.37. The number of halogens is 2. The molecule has 2 aromatic rings. The summed E-state index contributed by atoms with van der Waals surface area (Å²) in [7, 11) is -2.94. The Labute approximate surface area is 139 Å². The molecule has 1 fully saturated rings. The third kappa shape index (κ3) is 3.34. The SMILES string of the molecule is Cc1nn(-c2ccc(F)cc2F)c(C)c1CNC1CCS(=O)(=O)C1. The topological polar surface area (TPSA) is 64.0 Å². The highest BCUT2D eigenvalue weighted by atomic mass is 32.2. The molecule has 24 heavy (non-hydrogen) atoms. The smallest absolute Gasteiger partial charge is 0.151 e. The quantitative estimate of drug-likeness (QED) is 0.912. The van der Waals surface area contributed by atoms with Gasteiger partial charge in [-0.15, -0.1) is 0 Å². The average molecular weight is 355 g/mol. The van der Waals surface area contributed by atoms with E-state index in [2.05, 4.69) is 10.4 Å². The maximum atomic E-state index is 14.0. The van der Waals surface area contributed by atoms with Crippen LogP contribution in [0.25, 0.3) is 5.69 Å². The van der Waals surface area contributed by atoms with Crippen LogP contribution in [0.3, 0.4) is 0 Å². The van der Waals surface area contributed by atoms with Crippen molar-refractivity contribution in [3.8, 4) is 5.69 Å². The average Bonchev–Trinajstić information content (AvgIpc) is 2.97. The number of aryl methyl sites for hydroxylation is 1. The van der Waals surface area contributed by atoms with E-state index in [1.807, 2.05) is 13.8 Å². The lowest BCUT2D eigenvalue weighted by molar-refractivity contribution is 0.551. The molecule has 0 spiro atoms. The minimum Gasteiger partial charge on any atom is -0.309 e. The van der Waals surface area contributed by atoms with Gasteiger partial charge in [0.1, 0.15) is 11.5 Å². The van der Waals surface area contributed by atoms with E-state index in [-0.39, 0.29) is 23.2 Å². The van der Waals surface area contributed by atoms with Crippen molar-refractivity contribution in [2.45, 2.75) is 32.9 Å². The van der Waals surface area contributed by atoms with Gasteiger partial charge in [0.05, 0.1) is 17.2 Å². The summed E-state index contributed by atoms with van der Waals surface area (Å²) in [6.07, 6.45) is 0.598. The molecule has 1 aromatic carbocycles. The predicted octanol–water partition coefficient (Wildman–Crippen LogP) is 2.04. The molecule has 1 atom stereocenters. The zero-order chi connectivity index (χ0) is 17.5. The van der Waals surface area contributed by atoms with Crippen molar-refractivity contribution >= 4 is 9.84 Å². The van der Waals surface area contributed by atoms with E-state index in [4.69, 9.17) is 0 Å². The van der Waals surface area contributed by atoms with Crippen LogP contribution in [0.2, 0.25) is 0 Å². The fourth-order valence-corrected chi connectivity index (χ4v) is 4.73. The van der Waals surface area contributed by atoms with Crippen molar-refractivity contribution in [2.24, 2.45) is 0 Å². The number of rotatable bonds is 4. The van der Waals surface area contributed by atoms with Gasteiger partial charge in [-0.25, -0.2) is 21.9 Å². The Balaban J connectivity index is 1.82. The van der Waals surface area contributed by atoms with Gasteiger partial charge in [0.2, 0.25) is 0 Å². The van der Waals surface area contributed by atoms with Crippen molar-refractivity contribution < 1.29 is 17.2 Å². The van der Waals surface area contributed by atoms with E-state index in [0.717, 1.165) is 23.0 Å². The number of hydrogen-bond acceptors (Lipinski definition) is 4. The van der Waals surface area contributed by atoms with E-state index >= 15 is 0 Å². The Morgan fingerprint density at radius 3 is 2.71 bits per heavy atom. The summed E-state index contributed by atoms with van der Waals surface area (Å²) >= 11 is 0. The summed E-state index contributed by atoms with van der Waals surface area (Å²) in [5, 5.41) is 7.58. The van der Waals surface area contributed by atoms with Gasteiger partial charge in [0.25, 0.3) is 0 Å². The molecule has 5 nitrogen and oxygen atoms in total. The minimum atomic E-state index is -2.94. The van der Waals surface area contributed by atoms with Crippen LogP contribution in [-0.2, 0) is 16.4 Å². The lowest BCUT2D eigenvalue weighted by atomic mass is 10.1. The molecular formula is C16H19F2N3O2S.